The number of hydrogen-bond acceptors (Lipinski definition) is 4. The third-order valence-corrected chi connectivity index (χ3v) is 4.96. The van der Waals surface area contributed by atoms with Crippen LogP contribution >= 0.6 is 23.2 Å². The first-order valence-corrected chi connectivity index (χ1v) is 8.96. The Morgan fingerprint density at radius 3 is 2.44 bits per heavy atom. The first-order chi connectivity index (χ1) is 12.1. The number of aromatic nitrogens is 2. The normalized spacial score (nSPS) is 16.6. The number of rotatable bonds is 5. The largest absolute Gasteiger partial charge is 0.297 e. The molecule has 2 aromatic rings. The van der Waals surface area contributed by atoms with Crippen LogP contribution < -0.4 is 5.56 Å². The van der Waals surface area contributed by atoms with E-state index in [1.807, 2.05) is 18.2 Å². The van der Waals surface area contributed by atoms with E-state index in [0.717, 1.165) is 32.7 Å². The quantitative estimate of drug-likeness (QED) is 0.801. The molecule has 0 radical (unpaired) electrons. The molecule has 1 aliphatic heterocycles. The highest BCUT2D eigenvalue weighted by Crippen LogP contribution is 2.14. The van der Waals surface area contributed by atoms with E-state index in [0.29, 0.717) is 6.67 Å². The molecular weight excluding hydrogens is 359 g/mol. The molecule has 0 bridgehead atoms. The smallest absolute Gasteiger partial charge is 0.288 e. The van der Waals surface area contributed by atoms with Crippen molar-refractivity contribution >= 4 is 29.3 Å². The zero-order valence-electron chi connectivity index (χ0n) is 13.8. The lowest BCUT2D eigenvalue weighted by Crippen LogP contribution is -2.48. The van der Waals surface area contributed by atoms with Crippen LogP contribution in [0.25, 0.3) is 6.08 Å². The van der Waals surface area contributed by atoms with Crippen molar-refractivity contribution < 1.29 is 0 Å². The van der Waals surface area contributed by atoms with Crippen LogP contribution in [0, 0.1) is 0 Å². The summed E-state index contributed by atoms with van der Waals surface area (Å²) in [4.78, 5) is 16.6. The molecular formula is C18H20Cl2N4O. The van der Waals surface area contributed by atoms with Gasteiger partial charge in [-0.25, -0.2) is 4.68 Å². The standard InChI is InChI=1S/C18H20Cl2N4O/c19-16-13-21-24(18(25)17(16)20)14-23-11-9-22(10-12-23)8-4-7-15-5-2-1-3-6-15/h1-7,13H,8-12,14H2/b7-4+. The molecule has 0 aliphatic carbocycles. The molecule has 3 rings (SSSR count). The Kier molecular flexibility index (Phi) is 6.26. The lowest BCUT2D eigenvalue weighted by atomic mass is 10.2. The van der Waals surface area contributed by atoms with E-state index in [9.17, 15) is 4.79 Å². The van der Waals surface area contributed by atoms with Gasteiger partial charge in [0.25, 0.3) is 5.56 Å². The molecule has 0 N–H and O–H groups in total. The summed E-state index contributed by atoms with van der Waals surface area (Å²) in [5.74, 6) is 0. The highest BCUT2D eigenvalue weighted by atomic mass is 35.5. The minimum absolute atomic E-state index is 0.0290. The molecule has 5 nitrogen and oxygen atoms in total. The van der Waals surface area contributed by atoms with E-state index in [1.54, 1.807) is 0 Å². The van der Waals surface area contributed by atoms with Gasteiger partial charge in [0.05, 0.1) is 17.9 Å². The highest BCUT2D eigenvalue weighted by Gasteiger charge is 2.17. The highest BCUT2D eigenvalue weighted by molar-refractivity contribution is 6.41. The minimum atomic E-state index is -0.345. The molecule has 1 aromatic heterocycles. The van der Waals surface area contributed by atoms with Crippen molar-refractivity contribution in [3.8, 4) is 0 Å². The van der Waals surface area contributed by atoms with Crippen LogP contribution in [0.5, 0.6) is 0 Å². The summed E-state index contributed by atoms with van der Waals surface area (Å²) in [6.07, 6.45) is 5.75. The monoisotopic (exact) mass is 378 g/mol. The number of halogens is 2. The number of benzene rings is 1. The van der Waals surface area contributed by atoms with Crippen LogP contribution in [0.1, 0.15) is 5.56 Å². The van der Waals surface area contributed by atoms with E-state index in [2.05, 4.69) is 39.2 Å². The summed E-state index contributed by atoms with van der Waals surface area (Å²) >= 11 is 11.7. The summed E-state index contributed by atoms with van der Waals surface area (Å²) in [6.45, 7) is 5.03. The second-order valence-electron chi connectivity index (χ2n) is 5.98. The van der Waals surface area contributed by atoms with Crippen LogP contribution in [0.15, 0.2) is 47.4 Å². The molecule has 1 saturated heterocycles. The van der Waals surface area contributed by atoms with Gasteiger partial charge in [0, 0.05) is 32.7 Å². The van der Waals surface area contributed by atoms with Gasteiger partial charge in [-0.1, -0.05) is 65.7 Å². The maximum atomic E-state index is 12.0. The summed E-state index contributed by atoms with van der Waals surface area (Å²) in [5.41, 5.74) is 0.869. The third-order valence-electron chi connectivity index (χ3n) is 4.21. The molecule has 7 heteroatoms. The van der Waals surface area contributed by atoms with Crippen molar-refractivity contribution in [2.24, 2.45) is 0 Å². The van der Waals surface area contributed by atoms with E-state index in [4.69, 9.17) is 23.2 Å². The Balaban J connectivity index is 1.48. The first-order valence-electron chi connectivity index (χ1n) is 8.21. The Morgan fingerprint density at radius 2 is 1.72 bits per heavy atom. The summed E-state index contributed by atoms with van der Waals surface area (Å²) in [6, 6.07) is 10.3. The van der Waals surface area contributed by atoms with Crippen molar-refractivity contribution in [2.75, 3.05) is 32.7 Å². The van der Waals surface area contributed by atoms with Gasteiger partial charge in [-0.2, -0.15) is 5.10 Å². The number of piperazine rings is 1. The van der Waals surface area contributed by atoms with E-state index < -0.39 is 0 Å². The van der Waals surface area contributed by atoms with Gasteiger partial charge < -0.3 is 0 Å². The molecule has 0 atom stereocenters. The molecule has 1 fully saturated rings. The topological polar surface area (TPSA) is 41.4 Å². The third kappa shape index (κ3) is 4.92. The zero-order valence-corrected chi connectivity index (χ0v) is 15.3. The van der Waals surface area contributed by atoms with E-state index in [1.165, 1.54) is 16.4 Å². The van der Waals surface area contributed by atoms with Gasteiger partial charge in [-0.3, -0.25) is 14.6 Å². The summed E-state index contributed by atoms with van der Waals surface area (Å²) < 4.78 is 1.36. The van der Waals surface area contributed by atoms with Gasteiger partial charge >= 0.3 is 0 Å². The van der Waals surface area contributed by atoms with Crippen LogP contribution in [0.2, 0.25) is 10.0 Å². The molecule has 25 heavy (non-hydrogen) atoms. The fourth-order valence-corrected chi connectivity index (χ4v) is 3.02. The minimum Gasteiger partial charge on any atom is -0.297 e. The average molecular weight is 379 g/mol. The van der Waals surface area contributed by atoms with E-state index >= 15 is 0 Å². The maximum absolute atomic E-state index is 12.0. The van der Waals surface area contributed by atoms with Gasteiger partial charge in [-0.05, 0) is 5.56 Å². The Labute approximate surface area is 157 Å². The number of hydrogen-bond donors (Lipinski definition) is 0. The van der Waals surface area contributed by atoms with Crippen LogP contribution in [-0.2, 0) is 6.67 Å². The molecule has 1 aliphatic rings. The SMILES string of the molecule is O=c1c(Cl)c(Cl)cnn1CN1CCN(C/C=C/c2ccccc2)CC1. The van der Waals surface area contributed by atoms with Gasteiger partial charge in [0.15, 0.2) is 0 Å². The van der Waals surface area contributed by atoms with Crippen molar-refractivity contribution in [2.45, 2.75) is 6.67 Å². The first kappa shape index (κ1) is 18.1. The molecule has 0 unspecified atom stereocenters. The summed E-state index contributed by atoms with van der Waals surface area (Å²) in [7, 11) is 0. The van der Waals surface area contributed by atoms with Crippen LogP contribution in [0.4, 0.5) is 0 Å². The van der Waals surface area contributed by atoms with Crippen molar-refractivity contribution in [3.63, 3.8) is 0 Å². The zero-order chi connectivity index (χ0) is 17.6. The van der Waals surface area contributed by atoms with Crippen molar-refractivity contribution in [1.82, 2.24) is 19.6 Å². The van der Waals surface area contributed by atoms with Crippen LogP contribution in [-0.4, -0.2) is 52.3 Å². The molecule has 132 valence electrons. The lowest BCUT2D eigenvalue weighted by Gasteiger charge is -2.33. The molecule has 2 heterocycles. The Morgan fingerprint density at radius 1 is 1.04 bits per heavy atom. The van der Waals surface area contributed by atoms with Crippen molar-refractivity contribution in [3.05, 3.63) is 68.6 Å². The van der Waals surface area contributed by atoms with Crippen LogP contribution in [0.3, 0.4) is 0 Å². The fourth-order valence-electron chi connectivity index (χ4n) is 2.75. The Hall–Kier alpha value is -1.66. The summed E-state index contributed by atoms with van der Waals surface area (Å²) in [5, 5.41) is 4.28. The second-order valence-corrected chi connectivity index (χ2v) is 6.77. The fraction of sp³-hybridized carbons (Fsp3) is 0.333. The second kappa shape index (κ2) is 8.63. The average Bonchev–Trinajstić information content (AvgIpc) is 2.64. The number of nitrogens with zero attached hydrogens (tertiary/aromatic N) is 4. The van der Waals surface area contributed by atoms with Gasteiger partial charge in [-0.15, -0.1) is 0 Å². The Bertz CT molecular complexity index is 783. The molecule has 0 spiro atoms. The maximum Gasteiger partial charge on any atom is 0.288 e. The molecule has 0 saturated carbocycles. The van der Waals surface area contributed by atoms with Gasteiger partial charge in [0.2, 0.25) is 0 Å². The predicted molar refractivity (Wildman–Crippen MR) is 102 cm³/mol. The lowest BCUT2D eigenvalue weighted by molar-refractivity contribution is 0.109. The molecule has 0 amide bonds. The molecule has 1 aromatic carbocycles. The van der Waals surface area contributed by atoms with Gasteiger partial charge in [0.1, 0.15) is 5.02 Å². The predicted octanol–water partition coefficient (Wildman–Crippen LogP) is 2.84. The van der Waals surface area contributed by atoms with E-state index in [-0.39, 0.29) is 15.6 Å². The van der Waals surface area contributed by atoms with Crippen molar-refractivity contribution in [1.29, 1.82) is 0 Å².